The first-order valence-electron chi connectivity index (χ1n) is 8.76. The number of ketones is 1. The summed E-state index contributed by atoms with van der Waals surface area (Å²) >= 11 is 0. The SMILES string of the molecule is CCC(=O)c1ccc(OCC(=O)NCc2ccc(OC(C)C)cc2)cc1. The molecule has 26 heavy (non-hydrogen) atoms. The van der Waals surface area contributed by atoms with Gasteiger partial charge >= 0.3 is 0 Å². The van der Waals surface area contributed by atoms with E-state index < -0.39 is 0 Å². The first-order valence-corrected chi connectivity index (χ1v) is 8.76. The van der Waals surface area contributed by atoms with Crippen LogP contribution in [0.2, 0.25) is 0 Å². The molecule has 0 atom stereocenters. The Labute approximate surface area is 154 Å². The topological polar surface area (TPSA) is 64.6 Å². The maximum atomic E-state index is 11.9. The van der Waals surface area contributed by atoms with Gasteiger partial charge in [-0.2, -0.15) is 0 Å². The first-order chi connectivity index (χ1) is 12.5. The van der Waals surface area contributed by atoms with Gasteiger partial charge < -0.3 is 14.8 Å². The molecule has 0 aromatic heterocycles. The van der Waals surface area contributed by atoms with Gasteiger partial charge in [0.2, 0.25) is 0 Å². The number of carbonyl (C=O) groups excluding carboxylic acids is 2. The zero-order chi connectivity index (χ0) is 18.9. The molecule has 2 rings (SSSR count). The highest BCUT2D eigenvalue weighted by Gasteiger charge is 2.06. The molecule has 0 fully saturated rings. The highest BCUT2D eigenvalue weighted by molar-refractivity contribution is 5.95. The summed E-state index contributed by atoms with van der Waals surface area (Å²) < 4.78 is 11.0. The molecule has 5 nitrogen and oxygen atoms in total. The second-order valence-corrected chi connectivity index (χ2v) is 6.18. The van der Waals surface area contributed by atoms with Crippen LogP contribution in [0.1, 0.15) is 43.1 Å². The van der Waals surface area contributed by atoms with Crippen molar-refractivity contribution in [3.05, 3.63) is 59.7 Å². The molecule has 138 valence electrons. The van der Waals surface area contributed by atoms with Crippen LogP contribution in [0.3, 0.4) is 0 Å². The minimum atomic E-state index is -0.207. The number of nitrogens with one attached hydrogen (secondary N) is 1. The molecule has 0 aliphatic heterocycles. The molecule has 0 heterocycles. The van der Waals surface area contributed by atoms with Gasteiger partial charge in [-0.15, -0.1) is 0 Å². The summed E-state index contributed by atoms with van der Waals surface area (Å²) in [5.41, 5.74) is 1.63. The maximum Gasteiger partial charge on any atom is 0.258 e. The standard InChI is InChI=1S/C21H25NO4/c1-4-20(23)17-7-11-18(12-8-17)25-14-21(24)22-13-16-5-9-19(10-6-16)26-15(2)3/h5-12,15H,4,13-14H2,1-3H3,(H,22,24). The second-order valence-electron chi connectivity index (χ2n) is 6.18. The predicted octanol–water partition coefficient (Wildman–Crippen LogP) is 3.76. The molecule has 0 unspecified atom stereocenters. The highest BCUT2D eigenvalue weighted by Crippen LogP contribution is 2.14. The van der Waals surface area contributed by atoms with E-state index in [1.165, 1.54) is 0 Å². The van der Waals surface area contributed by atoms with Gasteiger partial charge in [0.1, 0.15) is 11.5 Å². The van der Waals surface area contributed by atoms with Crippen LogP contribution in [0.25, 0.3) is 0 Å². The number of benzene rings is 2. The molecule has 0 saturated heterocycles. The van der Waals surface area contributed by atoms with E-state index in [-0.39, 0.29) is 24.4 Å². The van der Waals surface area contributed by atoms with E-state index in [9.17, 15) is 9.59 Å². The van der Waals surface area contributed by atoms with E-state index in [1.54, 1.807) is 24.3 Å². The third kappa shape index (κ3) is 6.24. The molecular weight excluding hydrogens is 330 g/mol. The molecule has 2 aromatic rings. The van der Waals surface area contributed by atoms with Crippen LogP contribution in [0.4, 0.5) is 0 Å². The third-order valence-corrected chi connectivity index (χ3v) is 3.65. The van der Waals surface area contributed by atoms with Crippen molar-refractivity contribution in [1.29, 1.82) is 0 Å². The van der Waals surface area contributed by atoms with E-state index in [0.717, 1.165) is 11.3 Å². The lowest BCUT2D eigenvalue weighted by atomic mass is 10.1. The Morgan fingerprint density at radius 1 is 0.962 bits per heavy atom. The number of hydrogen-bond donors (Lipinski definition) is 1. The van der Waals surface area contributed by atoms with Crippen molar-refractivity contribution in [1.82, 2.24) is 5.32 Å². The van der Waals surface area contributed by atoms with Crippen LogP contribution >= 0.6 is 0 Å². The Balaban J connectivity index is 1.75. The number of Topliss-reactive ketones (excluding diaryl/α,β-unsaturated/α-hetero) is 1. The minimum Gasteiger partial charge on any atom is -0.491 e. The van der Waals surface area contributed by atoms with Crippen molar-refractivity contribution < 1.29 is 19.1 Å². The molecule has 0 aliphatic rings. The van der Waals surface area contributed by atoms with Gasteiger partial charge in [0.05, 0.1) is 6.10 Å². The lowest BCUT2D eigenvalue weighted by Crippen LogP contribution is -2.28. The Hall–Kier alpha value is -2.82. The molecular formula is C21H25NO4. The van der Waals surface area contributed by atoms with Crippen LogP contribution in [0, 0.1) is 0 Å². The van der Waals surface area contributed by atoms with Gasteiger partial charge in [-0.3, -0.25) is 9.59 Å². The molecule has 5 heteroatoms. The van der Waals surface area contributed by atoms with E-state index in [2.05, 4.69) is 5.32 Å². The van der Waals surface area contributed by atoms with E-state index in [1.807, 2.05) is 45.0 Å². The summed E-state index contributed by atoms with van der Waals surface area (Å²) in [7, 11) is 0. The van der Waals surface area contributed by atoms with Gasteiger partial charge in [0, 0.05) is 18.5 Å². The Morgan fingerprint density at radius 2 is 1.58 bits per heavy atom. The molecule has 1 amide bonds. The summed E-state index contributed by atoms with van der Waals surface area (Å²) in [6, 6.07) is 14.4. The summed E-state index contributed by atoms with van der Waals surface area (Å²) in [5, 5.41) is 2.81. The monoisotopic (exact) mass is 355 g/mol. The molecule has 2 aromatic carbocycles. The molecule has 1 N–H and O–H groups in total. The van der Waals surface area contributed by atoms with Crippen molar-refractivity contribution in [2.75, 3.05) is 6.61 Å². The molecule has 0 aliphatic carbocycles. The average Bonchev–Trinajstić information content (AvgIpc) is 2.65. The summed E-state index contributed by atoms with van der Waals surface area (Å²) in [6.45, 7) is 6.12. The van der Waals surface area contributed by atoms with E-state index in [4.69, 9.17) is 9.47 Å². The van der Waals surface area contributed by atoms with Gasteiger partial charge in [-0.05, 0) is 55.8 Å². The third-order valence-electron chi connectivity index (χ3n) is 3.65. The number of rotatable bonds is 9. The lowest BCUT2D eigenvalue weighted by molar-refractivity contribution is -0.123. The lowest BCUT2D eigenvalue weighted by Gasteiger charge is -2.11. The molecule has 0 radical (unpaired) electrons. The number of ether oxygens (including phenoxy) is 2. The fourth-order valence-corrected chi connectivity index (χ4v) is 2.30. The quantitative estimate of drug-likeness (QED) is 0.696. The van der Waals surface area contributed by atoms with Crippen LogP contribution in [-0.2, 0) is 11.3 Å². The van der Waals surface area contributed by atoms with Crippen LogP contribution in [-0.4, -0.2) is 24.4 Å². The van der Waals surface area contributed by atoms with E-state index >= 15 is 0 Å². The van der Waals surface area contributed by atoms with Crippen LogP contribution in [0.5, 0.6) is 11.5 Å². The number of carbonyl (C=O) groups is 2. The molecule has 0 saturated carbocycles. The minimum absolute atomic E-state index is 0.0738. The Morgan fingerprint density at radius 3 is 2.15 bits per heavy atom. The van der Waals surface area contributed by atoms with Gasteiger partial charge in [0.15, 0.2) is 12.4 Å². The second kappa shape index (κ2) is 9.61. The fourth-order valence-electron chi connectivity index (χ4n) is 2.30. The largest absolute Gasteiger partial charge is 0.491 e. The first kappa shape index (κ1) is 19.5. The predicted molar refractivity (Wildman–Crippen MR) is 101 cm³/mol. The number of hydrogen-bond acceptors (Lipinski definition) is 4. The zero-order valence-electron chi connectivity index (χ0n) is 15.5. The van der Waals surface area contributed by atoms with Crippen molar-refractivity contribution in [2.24, 2.45) is 0 Å². The zero-order valence-corrected chi connectivity index (χ0v) is 15.5. The summed E-state index contributed by atoms with van der Waals surface area (Å²) in [6.07, 6.45) is 0.597. The van der Waals surface area contributed by atoms with Gasteiger partial charge in [-0.25, -0.2) is 0 Å². The smallest absolute Gasteiger partial charge is 0.258 e. The van der Waals surface area contributed by atoms with Crippen molar-refractivity contribution in [2.45, 2.75) is 39.8 Å². The molecule has 0 bridgehead atoms. The normalized spacial score (nSPS) is 10.5. The summed E-state index contributed by atoms with van der Waals surface area (Å²) in [5.74, 6) is 1.24. The van der Waals surface area contributed by atoms with E-state index in [0.29, 0.717) is 24.3 Å². The Kier molecular flexibility index (Phi) is 7.21. The van der Waals surface area contributed by atoms with Crippen LogP contribution in [0.15, 0.2) is 48.5 Å². The van der Waals surface area contributed by atoms with Crippen LogP contribution < -0.4 is 14.8 Å². The highest BCUT2D eigenvalue weighted by atomic mass is 16.5. The van der Waals surface area contributed by atoms with Gasteiger partial charge in [-0.1, -0.05) is 19.1 Å². The molecule has 0 spiro atoms. The number of amides is 1. The fraction of sp³-hybridized carbons (Fsp3) is 0.333. The van der Waals surface area contributed by atoms with Crippen molar-refractivity contribution in [3.8, 4) is 11.5 Å². The Bertz CT molecular complexity index is 721. The van der Waals surface area contributed by atoms with Crippen molar-refractivity contribution >= 4 is 11.7 Å². The summed E-state index contributed by atoms with van der Waals surface area (Å²) in [4.78, 5) is 23.5. The van der Waals surface area contributed by atoms with Gasteiger partial charge in [0.25, 0.3) is 5.91 Å². The van der Waals surface area contributed by atoms with Crippen molar-refractivity contribution in [3.63, 3.8) is 0 Å². The maximum absolute atomic E-state index is 11.9. The average molecular weight is 355 g/mol.